The van der Waals surface area contributed by atoms with E-state index < -0.39 is 65.9 Å². The van der Waals surface area contributed by atoms with Crippen LogP contribution in [-0.4, -0.2) is 62.8 Å². The fourth-order valence-electron chi connectivity index (χ4n) is 3.85. The Bertz CT molecular complexity index is 1270. The summed E-state index contributed by atoms with van der Waals surface area (Å²) in [6, 6.07) is 11.7. The number of rotatable bonds is 12. The molecule has 2 aromatic carbocycles. The SMILES string of the molecule is CO[C@](C(=O)OC[C@@H](COc1cncs1)OC(=O)[C@@](OC)(c1ccccc1)C(F)(F)F)(c1ccccc1)C(F)(F)F. The van der Waals surface area contributed by atoms with Crippen LogP contribution in [-0.2, 0) is 39.7 Å². The van der Waals surface area contributed by atoms with Gasteiger partial charge in [-0.1, -0.05) is 72.0 Å². The highest BCUT2D eigenvalue weighted by Gasteiger charge is 2.65. The highest BCUT2D eigenvalue weighted by molar-refractivity contribution is 7.11. The molecule has 0 saturated carbocycles. The number of ether oxygens (including phenoxy) is 5. The largest absolute Gasteiger partial charge is 0.479 e. The topological polar surface area (TPSA) is 93.2 Å². The molecular weight excluding hydrogens is 584 g/mol. The van der Waals surface area contributed by atoms with Crippen molar-refractivity contribution >= 4 is 23.3 Å². The lowest BCUT2D eigenvalue weighted by atomic mass is 9.92. The van der Waals surface area contributed by atoms with Crippen LogP contribution in [0.25, 0.3) is 0 Å². The molecule has 0 unspecified atom stereocenters. The van der Waals surface area contributed by atoms with Crippen molar-refractivity contribution in [2.75, 3.05) is 27.4 Å². The standard InChI is InChI=1S/C26H23F6NO7S/c1-36-23(25(27,28)29,17-9-5-3-6-10-17)21(34)39-15-19(14-38-20-13-33-16-41-20)40-22(35)24(37-2,26(30,31)32)18-11-7-4-8-12-18/h3-13,16,19H,14-15H2,1-2H3/t19-,23+,24+/m1/s1. The summed E-state index contributed by atoms with van der Waals surface area (Å²) in [5, 5.41) is 0.139. The number of nitrogens with zero attached hydrogens (tertiary/aromatic N) is 1. The van der Waals surface area contributed by atoms with E-state index in [9.17, 15) is 35.9 Å². The van der Waals surface area contributed by atoms with Crippen LogP contribution in [0.3, 0.4) is 0 Å². The predicted molar refractivity (Wildman–Crippen MR) is 131 cm³/mol. The molecule has 0 fully saturated rings. The maximum absolute atomic E-state index is 14.3. The summed E-state index contributed by atoms with van der Waals surface area (Å²) in [5.41, 5.74) is -7.09. The Labute approximate surface area is 233 Å². The van der Waals surface area contributed by atoms with Crippen molar-refractivity contribution in [3.8, 4) is 5.06 Å². The second kappa shape index (κ2) is 12.9. The zero-order chi connectivity index (χ0) is 30.3. The molecule has 0 spiro atoms. The molecule has 222 valence electrons. The van der Waals surface area contributed by atoms with Gasteiger partial charge in [0.05, 0.1) is 11.7 Å². The highest BCUT2D eigenvalue weighted by Crippen LogP contribution is 2.44. The molecule has 0 radical (unpaired) electrons. The Hall–Kier alpha value is -3.69. The molecule has 3 aromatic rings. The minimum atomic E-state index is -5.34. The Balaban J connectivity index is 1.93. The maximum atomic E-state index is 14.3. The maximum Gasteiger partial charge on any atom is 0.432 e. The second-order valence-electron chi connectivity index (χ2n) is 8.26. The number of thiazole rings is 1. The summed E-state index contributed by atoms with van der Waals surface area (Å²) in [5.74, 6) is -3.92. The van der Waals surface area contributed by atoms with E-state index in [4.69, 9.17) is 14.2 Å². The van der Waals surface area contributed by atoms with Gasteiger partial charge in [-0.2, -0.15) is 26.3 Å². The van der Waals surface area contributed by atoms with Crippen LogP contribution in [0.1, 0.15) is 11.1 Å². The van der Waals surface area contributed by atoms with Crippen molar-refractivity contribution in [3.05, 3.63) is 83.5 Å². The molecule has 0 bridgehead atoms. The van der Waals surface area contributed by atoms with Crippen molar-refractivity contribution < 1.29 is 59.6 Å². The Kier molecular flexibility index (Phi) is 9.99. The van der Waals surface area contributed by atoms with Gasteiger partial charge >= 0.3 is 24.3 Å². The van der Waals surface area contributed by atoms with E-state index in [2.05, 4.69) is 14.5 Å². The van der Waals surface area contributed by atoms with Crippen molar-refractivity contribution in [1.82, 2.24) is 4.98 Å². The number of aromatic nitrogens is 1. The molecule has 8 nitrogen and oxygen atoms in total. The average molecular weight is 608 g/mol. The fourth-order valence-corrected chi connectivity index (χ4v) is 4.33. The van der Waals surface area contributed by atoms with Crippen molar-refractivity contribution in [3.63, 3.8) is 0 Å². The summed E-state index contributed by atoms with van der Waals surface area (Å²) in [7, 11) is 1.28. The molecular formula is C26H23F6NO7S. The summed E-state index contributed by atoms with van der Waals surface area (Å²) in [6.45, 7) is -1.85. The van der Waals surface area contributed by atoms with Gasteiger partial charge in [0.15, 0.2) is 11.2 Å². The first-order valence-electron chi connectivity index (χ1n) is 11.6. The summed E-state index contributed by atoms with van der Waals surface area (Å²) in [4.78, 5) is 29.8. The fraction of sp³-hybridized carbons (Fsp3) is 0.346. The number of carbonyl (C=O) groups is 2. The Morgan fingerprint density at radius 1 is 0.780 bits per heavy atom. The van der Waals surface area contributed by atoms with E-state index in [0.717, 1.165) is 35.6 Å². The van der Waals surface area contributed by atoms with Gasteiger partial charge in [0.2, 0.25) is 0 Å². The van der Waals surface area contributed by atoms with E-state index in [1.165, 1.54) is 48.1 Å². The van der Waals surface area contributed by atoms with E-state index in [-0.39, 0.29) is 5.06 Å². The molecule has 0 N–H and O–H groups in total. The minimum absolute atomic E-state index is 0.139. The molecule has 0 aliphatic heterocycles. The van der Waals surface area contributed by atoms with E-state index in [1.807, 2.05) is 0 Å². The Morgan fingerprint density at radius 2 is 1.27 bits per heavy atom. The first kappa shape index (κ1) is 31.8. The number of halogens is 6. The number of benzene rings is 2. The number of carbonyl (C=O) groups excluding carboxylic acids is 2. The van der Waals surface area contributed by atoms with Crippen LogP contribution in [0.15, 0.2) is 72.4 Å². The van der Waals surface area contributed by atoms with E-state index in [0.29, 0.717) is 14.2 Å². The summed E-state index contributed by atoms with van der Waals surface area (Å²) >= 11 is 0.973. The average Bonchev–Trinajstić information content (AvgIpc) is 3.45. The van der Waals surface area contributed by atoms with Crippen LogP contribution in [0.4, 0.5) is 26.3 Å². The first-order chi connectivity index (χ1) is 19.3. The molecule has 15 heteroatoms. The van der Waals surface area contributed by atoms with E-state index in [1.54, 1.807) is 0 Å². The van der Waals surface area contributed by atoms with Gasteiger partial charge in [0, 0.05) is 25.3 Å². The molecule has 1 aromatic heterocycles. The number of hydrogen-bond acceptors (Lipinski definition) is 9. The number of methoxy groups -OCH3 is 2. The van der Waals surface area contributed by atoms with Gasteiger partial charge < -0.3 is 23.7 Å². The van der Waals surface area contributed by atoms with Crippen molar-refractivity contribution in [1.29, 1.82) is 0 Å². The smallest absolute Gasteiger partial charge is 0.432 e. The molecule has 3 rings (SSSR count). The second-order valence-corrected chi connectivity index (χ2v) is 9.10. The molecule has 1 heterocycles. The first-order valence-corrected chi connectivity index (χ1v) is 12.5. The van der Waals surface area contributed by atoms with Crippen molar-refractivity contribution in [2.24, 2.45) is 0 Å². The molecule has 0 saturated heterocycles. The Morgan fingerprint density at radius 3 is 1.68 bits per heavy atom. The molecule has 41 heavy (non-hydrogen) atoms. The van der Waals surface area contributed by atoms with Gasteiger partial charge in [-0.25, -0.2) is 14.6 Å². The molecule has 0 aliphatic carbocycles. The summed E-state index contributed by atoms with van der Waals surface area (Å²) in [6.07, 6.45) is -11.2. The molecule has 3 atom stereocenters. The number of hydrogen-bond donors (Lipinski definition) is 0. The highest BCUT2D eigenvalue weighted by atomic mass is 32.1. The van der Waals surface area contributed by atoms with Crippen molar-refractivity contribution in [2.45, 2.75) is 29.7 Å². The quantitative estimate of drug-likeness (QED) is 0.205. The lowest BCUT2D eigenvalue weighted by Gasteiger charge is -2.34. The van der Waals surface area contributed by atoms with E-state index >= 15 is 0 Å². The van der Waals surface area contributed by atoms with Crippen LogP contribution in [0.2, 0.25) is 0 Å². The minimum Gasteiger partial charge on any atom is -0.479 e. The number of esters is 2. The van der Waals surface area contributed by atoms with Gasteiger partial charge in [0.1, 0.15) is 13.2 Å². The third-order valence-corrected chi connectivity index (χ3v) is 6.52. The molecule has 0 amide bonds. The van der Waals surface area contributed by atoms with Crippen LogP contribution >= 0.6 is 11.3 Å². The summed E-state index contributed by atoms with van der Waals surface area (Å²) < 4.78 is 110. The monoisotopic (exact) mass is 607 g/mol. The predicted octanol–water partition coefficient (Wildman–Crippen LogP) is 5.19. The van der Waals surface area contributed by atoms with Crippen LogP contribution in [0, 0.1) is 0 Å². The number of alkyl halides is 6. The molecule has 0 aliphatic rings. The zero-order valence-electron chi connectivity index (χ0n) is 21.4. The third kappa shape index (κ3) is 6.47. The third-order valence-electron chi connectivity index (χ3n) is 5.84. The lowest BCUT2D eigenvalue weighted by Crippen LogP contribution is -2.54. The van der Waals surface area contributed by atoms with Crippen LogP contribution in [0.5, 0.6) is 5.06 Å². The van der Waals surface area contributed by atoms with Crippen LogP contribution < -0.4 is 4.74 Å². The normalized spacial score (nSPS) is 15.7. The lowest BCUT2D eigenvalue weighted by molar-refractivity contribution is -0.282. The van der Waals surface area contributed by atoms with Gasteiger partial charge in [-0.3, -0.25) is 0 Å². The van der Waals surface area contributed by atoms with Gasteiger partial charge in [0.25, 0.3) is 11.2 Å². The zero-order valence-corrected chi connectivity index (χ0v) is 22.2. The van der Waals surface area contributed by atoms with Gasteiger partial charge in [-0.15, -0.1) is 0 Å². The van der Waals surface area contributed by atoms with Gasteiger partial charge in [-0.05, 0) is 0 Å².